The minimum atomic E-state index is -0.593. The first kappa shape index (κ1) is 18.6. The smallest absolute Gasteiger partial charge is 0.410 e. The quantitative estimate of drug-likeness (QED) is 0.743. The highest BCUT2D eigenvalue weighted by Crippen LogP contribution is 2.26. The van der Waals surface area contributed by atoms with Gasteiger partial charge < -0.3 is 15.8 Å². The van der Waals surface area contributed by atoms with Gasteiger partial charge in [0, 0.05) is 11.0 Å². The molecule has 24 heavy (non-hydrogen) atoms. The zero-order chi connectivity index (χ0) is 17.9. The van der Waals surface area contributed by atoms with Crippen molar-refractivity contribution in [2.75, 3.05) is 17.6 Å². The number of anilines is 2. The highest BCUT2D eigenvalue weighted by Gasteiger charge is 2.35. The Kier molecular flexibility index (Phi) is 5.74. The summed E-state index contributed by atoms with van der Waals surface area (Å²) in [6, 6.07) is 4.71. The van der Waals surface area contributed by atoms with Crippen molar-refractivity contribution in [2.45, 2.75) is 51.7 Å². The molecule has 7 heteroatoms. The van der Waals surface area contributed by atoms with Crippen molar-refractivity contribution in [3.05, 3.63) is 22.7 Å². The van der Waals surface area contributed by atoms with Crippen LogP contribution in [0, 0.1) is 0 Å². The van der Waals surface area contributed by atoms with Crippen LogP contribution in [-0.2, 0) is 9.53 Å². The van der Waals surface area contributed by atoms with Gasteiger partial charge in [-0.1, -0.05) is 15.9 Å². The monoisotopic (exact) mass is 397 g/mol. The van der Waals surface area contributed by atoms with Crippen LogP contribution in [0.1, 0.15) is 40.0 Å². The molecule has 6 nitrogen and oxygen atoms in total. The lowest BCUT2D eigenvalue weighted by Gasteiger charge is -2.35. The van der Waals surface area contributed by atoms with Gasteiger partial charge in [-0.2, -0.15) is 0 Å². The predicted molar refractivity (Wildman–Crippen MR) is 97.8 cm³/mol. The number of hydrogen-bond acceptors (Lipinski definition) is 4. The second kappa shape index (κ2) is 7.42. The van der Waals surface area contributed by atoms with E-state index in [2.05, 4.69) is 21.2 Å². The largest absolute Gasteiger partial charge is 0.444 e. The molecule has 1 atom stereocenters. The molecule has 132 valence electrons. The Balaban J connectivity index is 2.13. The van der Waals surface area contributed by atoms with Crippen molar-refractivity contribution in [1.29, 1.82) is 0 Å². The van der Waals surface area contributed by atoms with Gasteiger partial charge >= 0.3 is 6.09 Å². The molecule has 1 aromatic rings. The second-order valence-electron chi connectivity index (χ2n) is 6.91. The Morgan fingerprint density at radius 1 is 1.33 bits per heavy atom. The summed E-state index contributed by atoms with van der Waals surface area (Å²) in [5, 5.41) is 2.83. The summed E-state index contributed by atoms with van der Waals surface area (Å²) in [6.45, 7) is 5.95. The number of piperidine rings is 1. The van der Waals surface area contributed by atoms with Crippen molar-refractivity contribution in [3.63, 3.8) is 0 Å². The van der Waals surface area contributed by atoms with Crippen LogP contribution < -0.4 is 11.1 Å². The Bertz CT molecular complexity index is 628. The van der Waals surface area contributed by atoms with Crippen LogP contribution in [-0.4, -0.2) is 35.1 Å². The van der Waals surface area contributed by atoms with E-state index in [0.29, 0.717) is 24.3 Å². The first-order valence-electron chi connectivity index (χ1n) is 8.03. The molecular formula is C17H24BrN3O3. The number of ether oxygens (including phenoxy) is 1. The number of rotatable bonds is 2. The number of carbonyl (C=O) groups excluding carboxylic acids is 2. The maximum absolute atomic E-state index is 12.7. The highest BCUT2D eigenvalue weighted by molar-refractivity contribution is 9.10. The van der Waals surface area contributed by atoms with E-state index in [0.717, 1.165) is 17.3 Å². The van der Waals surface area contributed by atoms with Crippen LogP contribution in [0.4, 0.5) is 16.2 Å². The molecule has 1 saturated heterocycles. The Morgan fingerprint density at radius 2 is 2.04 bits per heavy atom. The minimum absolute atomic E-state index is 0.245. The molecule has 3 N–H and O–H groups in total. The van der Waals surface area contributed by atoms with E-state index in [1.807, 2.05) is 20.8 Å². The van der Waals surface area contributed by atoms with E-state index >= 15 is 0 Å². The molecule has 1 aromatic carbocycles. The number of nitrogens with zero attached hydrogens (tertiary/aromatic N) is 1. The first-order valence-corrected chi connectivity index (χ1v) is 8.82. The van der Waals surface area contributed by atoms with E-state index in [-0.39, 0.29) is 5.91 Å². The molecule has 0 aliphatic carbocycles. The zero-order valence-corrected chi connectivity index (χ0v) is 15.9. The predicted octanol–water partition coefficient (Wildman–Crippen LogP) is 3.76. The van der Waals surface area contributed by atoms with Crippen molar-refractivity contribution < 1.29 is 14.3 Å². The van der Waals surface area contributed by atoms with Gasteiger partial charge in [-0.25, -0.2) is 4.79 Å². The molecule has 0 aromatic heterocycles. The summed E-state index contributed by atoms with van der Waals surface area (Å²) in [6.07, 6.45) is 1.91. The van der Waals surface area contributed by atoms with Crippen LogP contribution in [0.25, 0.3) is 0 Å². The highest BCUT2D eigenvalue weighted by atomic mass is 79.9. The normalized spacial score (nSPS) is 18.2. The van der Waals surface area contributed by atoms with Gasteiger partial charge in [0.05, 0.1) is 11.4 Å². The van der Waals surface area contributed by atoms with Crippen LogP contribution in [0.2, 0.25) is 0 Å². The standard InChI is InChI=1S/C17H24BrN3O3/c1-17(2,3)24-16(23)21-9-5-4-6-14(21)15(22)20-13-10-11(18)7-8-12(13)19/h7-8,10,14H,4-6,9,19H2,1-3H3,(H,20,22). The van der Waals surface area contributed by atoms with Gasteiger partial charge in [0.25, 0.3) is 0 Å². The molecule has 0 bridgehead atoms. The summed E-state index contributed by atoms with van der Waals surface area (Å²) in [5.41, 5.74) is 6.32. The molecule has 0 spiro atoms. The van der Waals surface area contributed by atoms with Gasteiger partial charge in [0.2, 0.25) is 5.91 Å². The number of likely N-dealkylation sites (tertiary alicyclic amines) is 1. The van der Waals surface area contributed by atoms with E-state index in [9.17, 15) is 9.59 Å². The fourth-order valence-electron chi connectivity index (χ4n) is 2.60. The fourth-order valence-corrected chi connectivity index (χ4v) is 2.96. The third kappa shape index (κ3) is 4.87. The Hall–Kier alpha value is -1.76. The van der Waals surface area contributed by atoms with Crippen molar-refractivity contribution >= 4 is 39.3 Å². The lowest BCUT2D eigenvalue weighted by molar-refractivity contribution is -0.122. The maximum Gasteiger partial charge on any atom is 0.410 e. The summed E-state index contributed by atoms with van der Waals surface area (Å²) < 4.78 is 6.24. The number of nitrogen functional groups attached to an aromatic ring is 1. The second-order valence-corrected chi connectivity index (χ2v) is 7.82. The third-order valence-corrected chi connectivity index (χ3v) is 4.20. The number of amides is 2. The number of carbonyl (C=O) groups is 2. The fraction of sp³-hybridized carbons (Fsp3) is 0.529. The van der Waals surface area contributed by atoms with Crippen LogP contribution in [0.15, 0.2) is 22.7 Å². The van der Waals surface area contributed by atoms with Gasteiger partial charge in [0.15, 0.2) is 0 Å². The average Bonchev–Trinajstić information content (AvgIpc) is 2.49. The summed E-state index contributed by atoms with van der Waals surface area (Å²) in [5.74, 6) is -0.245. The molecule has 1 fully saturated rings. The van der Waals surface area contributed by atoms with E-state index in [1.165, 1.54) is 4.90 Å². The summed E-state index contributed by atoms with van der Waals surface area (Å²) >= 11 is 3.36. The molecule has 1 aliphatic rings. The van der Waals surface area contributed by atoms with Crippen LogP contribution in [0.5, 0.6) is 0 Å². The Morgan fingerprint density at radius 3 is 2.71 bits per heavy atom. The number of benzene rings is 1. The van der Waals surface area contributed by atoms with E-state index in [1.54, 1.807) is 18.2 Å². The lowest BCUT2D eigenvalue weighted by Crippen LogP contribution is -2.51. The third-order valence-electron chi connectivity index (χ3n) is 3.71. The molecule has 0 radical (unpaired) electrons. The molecule has 1 unspecified atom stereocenters. The number of hydrogen-bond donors (Lipinski definition) is 2. The average molecular weight is 398 g/mol. The van der Waals surface area contributed by atoms with Crippen molar-refractivity contribution in [1.82, 2.24) is 4.90 Å². The van der Waals surface area contributed by atoms with Gasteiger partial charge in [-0.3, -0.25) is 9.69 Å². The molecule has 0 saturated carbocycles. The molecular weight excluding hydrogens is 374 g/mol. The molecule has 2 rings (SSSR count). The van der Waals surface area contributed by atoms with Gasteiger partial charge in [0.1, 0.15) is 11.6 Å². The molecule has 2 amide bonds. The minimum Gasteiger partial charge on any atom is -0.444 e. The molecule has 1 heterocycles. The topological polar surface area (TPSA) is 84.7 Å². The number of nitrogens with one attached hydrogen (secondary N) is 1. The first-order chi connectivity index (χ1) is 11.2. The van der Waals surface area contributed by atoms with Crippen LogP contribution >= 0.6 is 15.9 Å². The van der Waals surface area contributed by atoms with Crippen LogP contribution in [0.3, 0.4) is 0 Å². The maximum atomic E-state index is 12.7. The summed E-state index contributed by atoms with van der Waals surface area (Å²) in [7, 11) is 0. The Labute approximate surface area is 150 Å². The number of nitrogens with two attached hydrogens (primary N) is 1. The van der Waals surface area contributed by atoms with E-state index < -0.39 is 17.7 Å². The van der Waals surface area contributed by atoms with Crippen molar-refractivity contribution in [2.24, 2.45) is 0 Å². The number of halogens is 1. The lowest BCUT2D eigenvalue weighted by atomic mass is 10.0. The molecule has 1 aliphatic heterocycles. The van der Waals surface area contributed by atoms with E-state index in [4.69, 9.17) is 10.5 Å². The zero-order valence-electron chi connectivity index (χ0n) is 14.3. The van der Waals surface area contributed by atoms with Gasteiger partial charge in [-0.05, 0) is 58.2 Å². The summed E-state index contributed by atoms with van der Waals surface area (Å²) in [4.78, 5) is 26.6. The van der Waals surface area contributed by atoms with Crippen molar-refractivity contribution in [3.8, 4) is 0 Å². The van der Waals surface area contributed by atoms with Gasteiger partial charge in [-0.15, -0.1) is 0 Å². The SMILES string of the molecule is CC(C)(C)OC(=O)N1CCCCC1C(=O)Nc1cc(Br)ccc1N.